The second kappa shape index (κ2) is 8.01. The van der Waals surface area contributed by atoms with Crippen LogP contribution in [0.1, 0.15) is 32.8 Å². The van der Waals surface area contributed by atoms with Gasteiger partial charge in [-0.15, -0.1) is 0 Å². The molecule has 0 radical (unpaired) electrons. The molecule has 1 N–H and O–H groups in total. The smallest absolute Gasteiger partial charge is 0.266 e. The van der Waals surface area contributed by atoms with E-state index in [1.807, 2.05) is 45.0 Å². The molecule has 2 rings (SSSR count). The minimum absolute atomic E-state index is 0.102. The van der Waals surface area contributed by atoms with E-state index in [0.29, 0.717) is 15.0 Å². The molecule has 7 heteroatoms. The molecule has 0 atom stereocenters. The van der Waals surface area contributed by atoms with E-state index in [1.165, 1.54) is 16.7 Å². The molecule has 1 heterocycles. The third kappa shape index (κ3) is 5.31. The normalized spacial score (nSPS) is 16.5. The number of rotatable bonds is 5. The monoisotopic (exact) mass is 378 g/mol. The van der Waals surface area contributed by atoms with Crippen molar-refractivity contribution >= 4 is 46.2 Å². The maximum atomic E-state index is 12.6. The van der Waals surface area contributed by atoms with Gasteiger partial charge in [-0.2, -0.15) is 0 Å². The maximum Gasteiger partial charge on any atom is 0.266 e. The van der Waals surface area contributed by atoms with Crippen LogP contribution in [0.2, 0.25) is 0 Å². The molecule has 5 nitrogen and oxygen atoms in total. The first kappa shape index (κ1) is 19.5. The number of nitrogens with zero attached hydrogens (tertiary/aromatic N) is 1. The van der Waals surface area contributed by atoms with Crippen LogP contribution in [0.25, 0.3) is 6.08 Å². The van der Waals surface area contributed by atoms with Gasteiger partial charge >= 0.3 is 0 Å². The highest BCUT2D eigenvalue weighted by atomic mass is 32.2. The van der Waals surface area contributed by atoms with Crippen molar-refractivity contribution in [3.63, 3.8) is 0 Å². The fourth-order valence-electron chi connectivity index (χ4n) is 2.31. The number of carbonyl (C=O) groups is 2. The van der Waals surface area contributed by atoms with E-state index in [9.17, 15) is 9.59 Å². The van der Waals surface area contributed by atoms with Crippen molar-refractivity contribution in [3.05, 3.63) is 34.7 Å². The molecule has 0 spiro atoms. The lowest BCUT2D eigenvalue weighted by atomic mass is 10.1. The zero-order valence-corrected chi connectivity index (χ0v) is 16.4. The van der Waals surface area contributed by atoms with Crippen LogP contribution in [-0.4, -0.2) is 40.2 Å². The summed E-state index contributed by atoms with van der Waals surface area (Å²) in [5.74, 6) is 0.414. The van der Waals surface area contributed by atoms with Crippen molar-refractivity contribution in [2.75, 3.05) is 13.7 Å². The Morgan fingerprint density at radius 3 is 2.68 bits per heavy atom. The lowest BCUT2D eigenvalue weighted by Crippen LogP contribution is -2.42. The summed E-state index contributed by atoms with van der Waals surface area (Å²) in [7, 11) is 1.59. The van der Waals surface area contributed by atoms with Gasteiger partial charge in [0.25, 0.3) is 5.91 Å². The van der Waals surface area contributed by atoms with Gasteiger partial charge in [-0.05, 0) is 32.9 Å². The van der Waals surface area contributed by atoms with E-state index in [1.54, 1.807) is 13.2 Å². The first-order valence-corrected chi connectivity index (χ1v) is 9.13. The van der Waals surface area contributed by atoms with Crippen LogP contribution in [0.15, 0.2) is 29.2 Å². The van der Waals surface area contributed by atoms with Gasteiger partial charge in [0.2, 0.25) is 5.91 Å². The summed E-state index contributed by atoms with van der Waals surface area (Å²) in [5, 5.41) is 2.88. The average molecular weight is 379 g/mol. The largest absolute Gasteiger partial charge is 0.496 e. The van der Waals surface area contributed by atoms with Crippen molar-refractivity contribution in [1.82, 2.24) is 10.2 Å². The van der Waals surface area contributed by atoms with Crippen LogP contribution in [0.3, 0.4) is 0 Å². The summed E-state index contributed by atoms with van der Waals surface area (Å²) < 4.78 is 5.77. The molecule has 134 valence electrons. The summed E-state index contributed by atoms with van der Waals surface area (Å²) in [5.41, 5.74) is 0.520. The third-order valence-corrected chi connectivity index (χ3v) is 4.75. The van der Waals surface area contributed by atoms with Gasteiger partial charge in [-0.25, -0.2) is 0 Å². The Morgan fingerprint density at radius 1 is 1.36 bits per heavy atom. The van der Waals surface area contributed by atoms with E-state index in [4.69, 9.17) is 17.0 Å². The molecule has 25 heavy (non-hydrogen) atoms. The van der Waals surface area contributed by atoms with Crippen molar-refractivity contribution in [2.45, 2.75) is 32.7 Å². The molecular formula is C18H22N2O3S2. The Kier molecular flexibility index (Phi) is 6.24. The lowest BCUT2D eigenvalue weighted by Gasteiger charge is -2.21. The number of thioether (sulfide) groups is 1. The van der Waals surface area contributed by atoms with Gasteiger partial charge in [-0.1, -0.05) is 42.2 Å². The maximum absolute atomic E-state index is 12.6. The number of benzene rings is 1. The molecule has 0 aliphatic carbocycles. The minimum Gasteiger partial charge on any atom is -0.496 e. The van der Waals surface area contributed by atoms with E-state index >= 15 is 0 Å². The second-order valence-corrected chi connectivity index (χ2v) is 8.30. The molecule has 0 bridgehead atoms. The molecule has 1 aromatic rings. The van der Waals surface area contributed by atoms with Gasteiger partial charge in [0.15, 0.2) is 0 Å². The van der Waals surface area contributed by atoms with Crippen LogP contribution < -0.4 is 10.1 Å². The van der Waals surface area contributed by atoms with Crippen molar-refractivity contribution in [3.8, 4) is 5.75 Å². The highest BCUT2D eigenvalue weighted by Gasteiger charge is 2.32. The van der Waals surface area contributed by atoms with Gasteiger partial charge < -0.3 is 10.1 Å². The number of ether oxygens (including phenoxy) is 1. The molecule has 1 aromatic carbocycles. The van der Waals surface area contributed by atoms with E-state index in [0.717, 1.165) is 5.56 Å². The molecule has 1 saturated heterocycles. The molecule has 1 aliphatic heterocycles. The second-order valence-electron chi connectivity index (χ2n) is 6.62. The third-order valence-electron chi connectivity index (χ3n) is 3.38. The number of carbonyl (C=O) groups excluding carboxylic acids is 2. The number of hydrogen-bond acceptors (Lipinski definition) is 5. The standard InChI is InChI=1S/C18H22N2O3S2/c1-18(2,3)19-15(21)9-10-20-16(22)14(25-17(20)24)11-12-7-5-6-8-13(12)23-4/h5-8,11H,9-10H2,1-4H3,(H,19,21). The van der Waals surface area contributed by atoms with Crippen LogP contribution in [0.5, 0.6) is 5.75 Å². The first-order chi connectivity index (χ1) is 11.7. The summed E-state index contributed by atoms with van der Waals surface area (Å²) in [6, 6.07) is 7.47. The summed E-state index contributed by atoms with van der Waals surface area (Å²) in [6.07, 6.45) is 1.99. The first-order valence-electron chi connectivity index (χ1n) is 7.90. The topological polar surface area (TPSA) is 58.6 Å². The van der Waals surface area contributed by atoms with Crippen LogP contribution in [0.4, 0.5) is 0 Å². The Bertz CT molecular complexity index is 723. The zero-order chi connectivity index (χ0) is 18.6. The predicted octanol–water partition coefficient (Wildman–Crippen LogP) is 3.20. The van der Waals surface area contributed by atoms with Crippen molar-refractivity contribution < 1.29 is 14.3 Å². The fourth-order valence-corrected chi connectivity index (χ4v) is 3.61. The van der Waals surface area contributed by atoms with Crippen molar-refractivity contribution in [2.24, 2.45) is 0 Å². The Balaban J connectivity index is 2.07. The molecule has 0 saturated carbocycles. The van der Waals surface area contributed by atoms with Crippen LogP contribution in [-0.2, 0) is 9.59 Å². The highest BCUT2D eigenvalue weighted by Crippen LogP contribution is 2.34. The quantitative estimate of drug-likeness (QED) is 0.630. The zero-order valence-electron chi connectivity index (χ0n) is 14.8. The Hall–Kier alpha value is -1.86. The predicted molar refractivity (Wildman–Crippen MR) is 105 cm³/mol. The summed E-state index contributed by atoms with van der Waals surface area (Å²) in [6.45, 7) is 6.03. The summed E-state index contributed by atoms with van der Waals surface area (Å²) in [4.78, 5) is 26.6. The SMILES string of the molecule is COc1ccccc1C=C1SC(=S)N(CCC(=O)NC(C)(C)C)C1=O. The Morgan fingerprint density at radius 2 is 2.04 bits per heavy atom. The molecule has 1 aliphatic rings. The lowest BCUT2D eigenvalue weighted by molar-refractivity contribution is -0.124. The molecule has 0 aromatic heterocycles. The fraction of sp³-hybridized carbons (Fsp3) is 0.389. The number of thiocarbonyl (C=S) groups is 1. The molecule has 0 unspecified atom stereocenters. The van der Waals surface area contributed by atoms with E-state index in [2.05, 4.69) is 5.32 Å². The van der Waals surface area contributed by atoms with Crippen molar-refractivity contribution in [1.29, 1.82) is 0 Å². The summed E-state index contributed by atoms with van der Waals surface area (Å²) >= 11 is 6.54. The van der Waals surface area contributed by atoms with Crippen LogP contribution in [0, 0.1) is 0 Å². The van der Waals surface area contributed by atoms with E-state index < -0.39 is 0 Å². The number of para-hydroxylation sites is 1. The van der Waals surface area contributed by atoms with E-state index in [-0.39, 0.29) is 30.3 Å². The average Bonchev–Trinajstić information content (AvgIpc) is 2.78. The highest BCUT2D eigenvalue weighted by molar-refractivity contribution is 8.26. The number of hydrogen-bond donors (Lipinski definition) is 1. The Labute approximate surface area is 157 Å². The van der Waals surface area contributed by atoms with Crippen LogP contribution >= 0.6 is 24.0 Å². The van der Waals surface area contributed by atoms with Gasteiger partial charge in [0.1, 0.15) is 10.1 Å². The number of amides is 2. The molecular weight excluding hydrogens is 356 g/mol. The van der Waals surface area contributed by atoms with Gasteiger partial charge in [0.05, 0.1) is 12.0 Å². The minimum atomic E-state index is -0.295. The molecule has 1 fully saturated rings. The van der Waals surface area contributed by atoms with Gasteiger partial charge in [-0.3, -0.25) is 14.5 Å². The molecule has 2 amide bonds. The number of nitrogens with one attached hydrogen (secondary N) is 1. The van der Waals surface area contributed by atoms with Gasteiger partial charge in [0, 0.05) is 24.1 Å². The number of methoxy groups -OCH3 is 1.